The van der Waals surface area contributed by atoms with Crippen molar-refractivity contribution in [1.82, 2.24) is 4.90 Å². The van der Waals surface area contributed by atoms with Gasteiger partial charge in [0.1, 0.15) is 11.6 Å². The second-order valence-corrected chi connectivity index (χ2v) is 6.26. The van der Waals surface area contributed by atoms with Crippen molar-refractivity contribution >= 4 is 35.6 Å². The number of hydrogen-bond donors (Lipinski definition) is 2. The SMILES string of the molecule is Cc1ccc(NC(N)=NCC(c2c(F)cccc2F)N(C)C)cc1C.I. The fraction of sp³-hybridized carbons (Fsp3) is 0.316. The Morgan fingerprint density at radius 2 is 1.73 bits per heavy atom. The average Bonchev–Trinajstić information content (AvgIpc) is 2.53. The van der Waals surface area contributed by atoms with Crippen molar-refractivity contribution in [2.75, 3.05) is 26.0 Å². The smallest absolute Gasteiger partial charge is 0.193 e. The van der Waals surface area contributed by atoms with E-state index in [4.69, 9.17) is 5.73 Å². The van der Waals surface area contributed by atoms with Gasteiger partial charge in [0.2, 0.25) is 0 Å². The van der Waals surface area contributed by atoms with Gasteiger partial charge < -0.3 is 16.0 Å². The Morgan fingerprint density at radius 3 is 2.27 bits per heavy atom. The van der Waals surface area contributed by atoms with Crippen LogP contribution in [0.15, 0.2) is 41.4 Å². The molecule has 0 aliphatic rings. The number of hydrogen-bond acceptors (Lipinski definition) is 2. The monoisotopic (exact) mass is 474 g/mol. The summed E-state index contributed by atoms with van der Waals surface area (Å²) < 4.78 is 28.1. The number of aryl methyl sites for hydroxylation is 2. The number of rotatable bonds is 5. The van der Waals surface area contributed by atoms with Crippen LogP contribution in [0, 0.1) is 25.5 Å². The molecule has 2 aromatic rings. The molecule has 7 heteroatoms. The topological polar surface area (TPSA) is 53.6 Å². The first-order chi connectivity index (χ1) is 11.8. The Morgan fingerprint density at radius 1 is 1.12 bits per heavy atom. The fourth-order valence-electron chi connectivity index (χ4n) is 2.53. The van der Waals surface area contributed by atoms with E-state index < -0.39 is 17.7 Å². The third kappa shape index (κ3) is 5.63. The van der Waals surface area contributed by atoms with E-state index in [1.807, 2.05) is 32.0 Å². The van der Waals surface area contributed by atoms with E-state index >= 15 is 0 Å². The minimum absolute atomic E-state index is 0. The van der Waals surface area contributed by atoms with Crippen LogP contribution in [0.2, 0.25) is 0 Å². The summed E-state index contributed by atoms with van der Waals surface area (Å²) >= 11 is 0. The van der Waals surface area contributed by atoms with Gasteiger partial charge in [-0.15, -0.1) is 24.0 Å². The fourth-order valence-corrected chi connectivity index (χ4v) is 2.53. The number of likely N-dealkylation sites (N-methyl/N-ethyl adjacent to an activating group) is 1. The maximum Gasteiger partial charge on any atom is 0.193 e. The lowest BCUT2D eigenvalue weighted by Gasteiger charge is -2.24. The molecule has 0 saturated heterocycles. The number of aliphatic imine (C=N–C) groups is 1. The first kappa shape index (κ1) is 22.3. The molecule has 4 nitrogen and oxygen atoms in total. The third-order valence-electron chi connectivity index (χ3n) is 4.17. The molecule has 0 aliphatic carbocycles. The lowest BCUT2D eigenvalue weighted by atomic mass is 10.0. The highest BCUT2D eigenvalue weighted by Crippen LogP contribution is 2.24. The van der Waals surface area contributed by atoms with Crippen molar-refractivity contribution in [3.05, 3.63) is 64.7 Å². The van der Waals surface area contributed by atoms with E-state index in [0.29, 0.717) is 0 Å². The Hall–Kier alpha value is -1.74. The first-order valence-corrected chi connectivity index (χ1v) is 8.04. The van der Waals surface area contributed by atoms with Gasteiger partial charge in [-0.05, 0) is 63.3 Å². The molecule has 3 N–H and O–H groups in total. The third-order valence-corrected chi connectivity index (χ3v) is 4.17. The summed E-state index contributed by atoms with van der Waals surface area (Å²) in [6, 6.07) is 9.15. The zero-order valence-electron chi connectivity index (χ0n) is 15.4. The van der Waals surface area contributed by atoms with Crippen LogP contribution in [-0.2, 0) is 0 Å². The van der Waals surface area contributed by atoms with Gasteiger partial charge in [0.15, 0.2) is 5.96 Å². The molecule has 2 aromatic carbocycles. The van der Waals surface area contributed by atoms with Gasteiger partial charge in [-0.25, -0.2) is 8.78 Å². The highest BCUT2D eigenvalue weighted by atomic mass is 127. The number of benzene rings is 2. The highest BCUT2D eigenvalue weighted by molar-refractivity contribution is 14.0. The van der Waals surface area contributed by atoms with Gasteiger partial charge in [0, 0.05) is 11.3 Å². The summed E-state index contributed by atoms with van der Waals surface area (Å²) in [6.45, 7) is 4.17. The van der Waals surface area contributed by atoms with Crippen LogP contribution in [-0.4, -0.2) is 31.5 Å². The van der Waals surface area contributed by atoms with E-state index in [1.54, 1.807) is 19.0 Å². The standard InChI is InChI=1S/C19H24F2N4.HI/c1-12-8-9-14(10-13(12)2)24-19(22)23-11-17(25(3)4)18-15(20)6-5-7-16(18)21;/h5-10,17H,11H2,1-4H3,(H3,22,23,24);1H. The largest absolute Gasteiger partial charge is 0.370 e. The summed E-state index contributed by atoms with van der Waals surface area (Å²) in [5, 5.41) is 3.01. The van der Waals surface area contributed by atoms with Crippen molar-refractivity contribution in [3.63, 3.8) is 0 Å². The molecule has 2 rings (SSSR count). The number of guanidine groups is 1. The van der Waals surface area contributed by atoms with Crippen LogP contribution in [0.3, 0.4) is 0 Å². The van der Waals surface area contributed by atoms with Crippen LogP contribution < -0.4 is 11.1 Å². The van der Waals surface area contributed by atoms with Gasteiger partial charge in [0.05, 0.1) is 12.6 Å². The van der Waals surface area contributed by atoms with Gasteiger partial charge in [-0.2, -0.15) is 0 Å². The van der Waals surface area contributed by atoms with Gasteiger partial charge in [0.25, 0.3) is 0 Å². The van der Waals surface area contributed by atoms with E-state index in [0.717, 1.165) is 11.3 Å². The summed E-state index contributed by atoms with van der Waals surface area (Å²) in [5.74, 6) is -0.976. The van der Waals surface area contributed by atoms with Crippen molar-refractivity contribution in [3.8, 4) is 0 Å². The normalized spacial score (nSPS) is 12.7. The molecule has 0 aromatic heterocycles. The molecule has 0 heterocycles. The Bertz CT molecular complexity index is 758. The Kier molecular flexibility index (Phi) is 8.42. The maximum atomic E-state index is 14.1. The number of halogens is 3. The molecule has 1 atom stereocenters. The number of anilines is 1. The quantitative estimate of drug-likeness (QED) is 0.388. The summed E-state index contributed by atoms with van der Waals surface area (Å²) in [7, 11) is 3.50. The van der Waals surface area contributed by atoms with Crippen LogP contribution in [0.1, 0.15) is 22.7 Å². The van der Waals surface area contributed by atoms with Crippen molar-refractivity contribution < 1.29 is 8.78 Å². The first-order valence-electron chi connectivity index (χ1n) is 8.04. The van der Waals surface area contributed by atoms with Crippen molar-refractivity contribution in [2.45, 2.75) is 19.9 Å². The summed E-state index contributed by atoms with van der Waals surface area (Å²) in [5.41, 5.74) is 9.07. The molecule has 0 amide bonds. The van der Waals surface area contributed by atoms with Crippen molar-refractivity contribution in [2.24, 2.45) is 10.7 Å². The van der Waals surface area contributed by atoms with E-state index in [-0.39, 0.29) is 42.0 Å². The lowest BCUT2D eigenvalue weighted by Crippen LogP contribution is -2.28. The number of nitrogens with zero attached hydrogens (tertiary/aromatic N) is 2. The molecule has 142 valence electrons. The van der Waals surface area contributed by atoms with Crippen LogP contribution >= 0.6 is 24.0 Å². The van der Waals surface area contributed by atoms with Crippen LogP contribution in [0.4, 0.5) is 14.5 Å². The minimum atomic E-state index is -0.588. The van der Waals surface area contributed by atoms with Gasteiger partial charge in [-0.1, -0.05) is 12.1 Å². The molecule has 0 fully saturated rings. The minimum Gasteiger partial charge on any atom is -0.370 e. The van der Waals surface area contributed by atoms with E-state index in [9.17, 15) is 8.78 Å². The second-order valence-electron chi connectivity index (χ2n) is 6.26. The average molecular weight is 474 g/mol. The maximum absolute atomic E-state index is 14.1. The van der Waals surface area contributed by atoms with Gasteiger partial charge >= 0.3 is 0 Å². The highest BCUT2D eigenvalue weighted by Gasteiger charge is 2.21. The molecular weight excluding hydrogens is 449 g/mol. The zero-order chi connectivity index (χ0) is 18.6. The lowest BCUT2D eigenvalue weighted by molar-refractivity contribution is 0.290. The molecular formula is C19H25F2IN4. The van der Waals surface area contributed by atoms with Crippen LogP contribution in [0.5, 0.6) is 0 Å². The molecule has 0 radical (unpaired) electrons. The van der Waals surface area contributed by atoms with E-state index in [2.05, 4.69) is 10.3 Å². The molecule has 0 bridgehead atoms. The molecule has 1 unspecified atom stereocenters. The van der Waals surface area contributed by atoms with Gasteiger partial charge in [-0.3, -0.25) is 4.99 Å². The second kappa shape index (κ2) is 9.82. The summed E-state index contributed by atoms with van der Waals surface area (Å²) in [4.78, 5) is 5.98. The Balaban J connectivity index is 0.00000338. The predicted molar refractivity (Wildman–Crippen MR) is 114 cm³/mol. The van der Waals surface area contributed by atoms with E-state index in [1.165, 1.54) is 23.8 Å². The van der Waals surface area contributed by atoms with Crippen LogP contribution in [0.25, 0.3) is 0 Å². The molecule has 26 heavy (non-hydrogen) atoms. The van der Waals surface area contributed by atoms with Crippen molar-refractivity contribution in [1.29, 1.82) is 0 Å². The number of nitrogens with one attached hydrogen (secondary N) is 1. The molecule has 0 spiro atoms. The molecule has 0 saturated carbocycles. The Labute approximate surface area is 170 Å². The number of nitrogens with two attached hydrogens (primary N) is 1. The molecule has 0 aliphatic heterocycles. The zero-order valence-corrected chi connectivity index (χ0v) is 17.7. The predicted octanol–water partition coefficient (Wildman–Crippen LogP) is 4.23. The summed E-state index contributed by atoms with van der Waals surface area (Å²) in [6.07, 6.45) is 0.